The molecular formula is C50H58N2O11S2. The monoisotopic (exact) mass is 926 g/mol. The second-order valence-corrected chi connectivity index (χ2v) is 22.6. The number of hydrogen-bond acceptors (Lipinski definition) is 15. The highest BCUT2D eigenvalue weighted by molar-refractivity contribution is 8.76. The molecule has 10 atom stereocenters. The summed E-state index contributed by atoms with van der Waals surface area (Å²) in [5.74, 6) is -1.51. The Morgan fingerprint density at radius 2 is 1.71 bits per heavy atom. The number of ketones is 2. The number of ether oxygens (including phenoxy) is 2. The first kappa shape index (κ1) is 44.9. The van der Waals surface area contributed by atoms with Gasteiger partial charge in [-0.1, -0.05) is 83.0 Å². The van der Waals surface area contributed by atoms with Crippen molar-refractivity contribution in [2.24, 2.45) is 33.5 Å². The van der Waals surface area contributed by atoms with Crippen LogP contribution in [-0.2, 0) is 22.6 Å². The minimum atomic E-state index is -2.32. The van der Waals surface area contributed by atoms with Crippen LogP contribution in [0.2, 0.25) is 0 Å². The zero-order valence-corrected chi connectivity index (χ0v) is 37.9. The van der Waals surface area contributed by atoms with Gasteiger partial charge >= 0.3 is 0 Å². The Hall–Kier alpha value is -3.93. The smallest absolute Gasteiger partial charge is 0.229 e. The van der Waals surface area contributed by atoms with Crippen molar-refractivity contribution in [1.82, 2.24) is 10.6 Å². The fraction of sp³-hybridized carbons (Fsp3) is 0.540. The summed E-state index contributed by atoms with van der Waals surface area (Å²) in [6, 6.07) is 11.9. The highest BCUT2D eigenvalue weighted by Gasteiger charge is 2.66. The minimum absolute atomic E-state index is 0.0117. The standard InChI is InChI=1S/C50H58N2O11S2/c53-21-30-6-3-5-29(15-30)16-31-17-35-41(57)34-7-4-8-36-40(34)43(59)49(35,38(56)18-31)27-64-65-28-52-39-19-32(9-14-51-39)48(26-50(61)42(58)37(23-55)63-45(62-36)44(50)60)13-12-47(25-48)24-46(10-1-2-11-46)20-33(47)22-54/h3-9,15,17-19,22,33,35,37,42,44-45,51-53,55-56,58,60-61H,1-2,10-14,16,20-21,23-28H2. The van der Waals surface area contributed by atoms with Gasteiger partial charge < -0.3 is 55.5 Å². The van der Waals surface area contributed by atoms with Crippen molar-refractivity contribution in [3.05, 3.63) is 112 Å². The molecule has 5 aliphatic carbocycles. The maximum atomic E-state index is 15.3. The van der Waals surface area contributed by atoms with Gasteiger partial charge in [0.15, 0.2) is 11.6 Å². The summed E-state index contributed by atoms with van der Waals surface area (Å²) in [5, 5.41) is 76.9. The number of aldehydes is 1. The van der Waals surface area contributed by atoms with E-state index in [0.29, 0.717) is 43.1 Å². The molecule has 8 aliphatic rings. The van der Waals surface area contributed by atoms with Crippen LogP contribution in [-0.4, -0.2) is 103 Å². The van der Waals surface area contributed by atoms with Crippen LogP contribution < -0.4 is 15.4 Å². The number of carbonyl (C=O) groups is 3. The van der Waals surface area contributed by atoms with E-state index in [1.54, 1.807) is 24.3 Å². The molecule has 3 aliphatic heterocycles. The lowest BCUT2D eigenvalue weighted by Gasteiger charge is -2.51. The van der Waals surface area contributed by atoms with Gasteiger partial charge in [-0.3, -0.25) is 9.59 Å². The van der Waals surface area contributed by atoms with E-state index in [4.69, 9.17) is 9.47 Å². The molecular weight excluding hydrogens is 869 g/mol. The second-order valence-electron chi connectivity index (χ2n) is 20.1. The molecule has 0 radical (unpaired) electrons. The number of benzene rings is 2. The van der Waals surface area contributed by atoms with Crippen LogP contribution in [0, 0.1) is 33.5 Å². The third kappa shape index (κ3) is 7.34. The summed E-state index contributed by atoms with van der Waals surface area (Å²) < 4.78 is 12.5. The van der Waals surface area contributed by atoms with E-state index < -0.39 is 65.1 Å². The van der Waals surface area contributed by atoms with Crippen LogP contribution in [0.15, 0.2) is 89.5 Å². The summed E-state index contributed by atoms with van der Waals surface area (Å²) in [7, 11) is 2.78. The molecule has 346 valence electrons. The van der Waals surface area contributed by atoms with E-state index in [1.807, 2.05) is 24.3 Å². The van der Waals surface area contributed by atoms with Crippen LogP contribution >= 0.6 is 21.6 Å². The summed E-state index contributed by atoms with van der Waals surface area (Å²) in [6.45, 7) is -0.417. The molecule has 0 aromatic heterocycles. The third-order valence-electron chi connectivity index (χ3n) is 16.5. The molecule has 1 saturated heterocycles. The summed E-state index contributed by atoms with van der Waals surface area (Å²) in [6.07, 6.45) is 9.99. The number of allylic oxidation sites excluding steroid dienone is 6. The topological polar surface area (TPSA) is 215 Å². The molecule has 10 rings (SSSR count). The molecule has 3 heterocycles. The lowest BCUT2D eigenvalue weighted by molar-refractivity contribution is -0.319. The largest absolute Gasteiger partial charge is 0.511 e. The average molecular weight is 927 g/mol. The Bertz CT molecular complexity index is 2400. The first-order chi connectivity index (χ1) is 31.3. The number of rotatable bonds is 5. The van der Waals surface area contributed by atoms with Crippen molar-refractivity contribution in [1.29, 1.82) is 0 Å². The van der Waals surface area contributed by atoms with Gasteiger partial charge in [0, 0.05) is 23.8 Å². The molecule has 4 spiro atoms. The molecule has 4 fully saturated rings. The maximum Gasteiger partial charge on any atom is 0.229 e. The first-order valence-electron chi connectivity index (χ1n) is 23.0. The van der Waals surface area contributed by atoms with Crippen molar-refractivity contribution in [2.75, 3.05) is 24.8 Å². The zero-order chi connectivity index (χ0) is 45.4. The van der Waals surface area contributed by atoms with Gasteiger partial charge in [-0.05, 0) is 115 Å². The highest BCUT2D eigenvalue weighted by Crippen LogP contribution is 2.70. The van der Waals surface area contributed by atoms with Crippen LogP contribution in [0.3, 0.4) is 0 Å². The molecule has 10 unspecified atom stereocenters. The molecule has 13 nitrogen and oxygen atoms in total. The van der Waals surface area contributed by atoms with Crippen molar-refractivity contribution in [3.8, 4) is 5.75 Å². The van der Waals surface area contributed by atoms with Gasteiger partial charge in [-0.2, -0.15) is 0 Å². The molecule has 8 N–H and O–H groups in total. The van der Waals surface area contributed by atoms with E-state index in [9.17, 15) is 40.2 Å². The van der Waals surface area contributed by atoms with Crippen molar-refractivity contribution in [2.45, 2.75) is 107 Å². The number of Topliss-reactive ketones (excluding diaryl/α,β-unsaturated/α-hetero) is 2. The van der Waals surface area contributed by atoms with E-state index in [1.165, 1.54) is 33.7 Å². The summed E-state index contributed by atoms with van der Waals surface area (Å²) in [5.41, 5.74) is -2.04. The number of fused-ring (bicyclic) bond motifs is 4. The Labute approximate surface area is 386 Å². The number of aliphatic hydroxyl groups is 6. The molecule has 15 heteroatoms. The Morgan fingerprint density at radius 1 is 0.908 bits per heavy atom. The zero-order valence-electron chi connectivity index (χ0n) is 36.2. The quantitative estimate of drug-likeness (QED) is 0.140. The lowest BCUT2D eigenvalue weighted by Crippen LogP contribution is -2.69. The molecule has 65 heavy (non-hydrogen) atoms. The molecule has 0 amide bonds. The van der Waals surface area contributed by atoms with Gasteiger partial charge in [0.25, 0.3) is 0 Å². The Balaban J connectivity index is 1.05. The van der Waals surface area contributed by atoms with Crippen LogP contribution in [0.25, 0.3) is 0 Å². The number of dihydropyridines is 1. The molecule has 6 bridgehead atoms. The predicted octanol–water partition coefficient (Wildman–Crippen LogP) is 5.36. The van der Waals surface area contributed by atoms with E-state index >= 15 is 4.79 Å². The Kier molecular flexibility index (Phi) is 11.7. The van der Waals surface area contributed by atoms with Gasteiger partial charge in [-0.25, -0.2) is 0 Å². The van der Waals surface area contributed by atoms with Crippen LogP contribution in [0.5, 0.6) is 5.75 Å². The van der Waals surface area contributed by atoms with Crippen molar-refractivity contribution < 1.29 is 54.5 Å². The lowest BCUT2D eigenvalue weighted by atomic mass is 9.60. The van der Waals surface area contributed by atoms with E-state index in [-0.39, 0.29) is 58.2 Å². The fourth-order valence-corrected chi connectivity index (χ4v) is 15.7. The molecule has 2 aromatic carbocycles. The minimum Gasteiger partial charge on any atom is -0.511 e. The van der Waals surface area contributed by atoms with Gasteiger partial charge in [0.1, 0.15) is 47.1 Å². The number of carbonyl (C=O) groups excluding carboxylic acids is 3. The average Bonchev–Trinajstić information content (AvgIpc) is 4.01. The van der Waals surface area contributed by atoms with E-state index in [2.05, 4.69) is 16.7 Å². The van der Waals surface area contributed by atoms with Gasteiger partial charge in [0.2, 0.25) is 6.29 Å². The number of nitrogens with one attached hydrogen (secondary N) is 2. The molecule has 2 aromatic rings. The SMILES string of the molecule is O=CC1CC2(CCCC2)CC12CCC1(C2)CC2(O)C(O)C(CO)OC(Oc3cccc4c3C(=O)C3(CSSCNC5=CC1=CCN5)C(O)=CC(Cc1cccc(CO)c1)=CC3C4=O)C2O. The van der Waals surface area contributed by atoms with E-state index in [0.717, 1.165) is 67.9 Å². The predicted molar refractivity (Wildman–Crippen MR) is 244 cm³/mol. The van der Waals surface area contributed by atoms with Crippen LogP contribution in [0.4, 0.5) is 0 Å². The number of aliphatic hydroxyl groups excluding tert-OH is 5. The fourth-order valence-electron chi connectivity index (χ4n) is 13.4. The summed E-state index contributed by atoms with van der Waals surface area (Å²) >= 11 is 0. The molecule has 3 saturated carbocycles. The third-order valence-corrected chi connectivity index (χ3v) is 18.7. The van der Waals surface area contributed by atoms with Gasteiger partial charge in [0.05, 0.1) is 36.4 Å². The number of hydrogen-bond donors (Lipinski definition) is 8. The highest BCUT2D eigenvalue weighted by atomic mass is 33.1. The van der Waals surface area contributed by atoms with Crippen molar-refractivity contribution in [3.63, 3.8) is 0 Å². The maximum absolute atomic E-state index is 15.3. The normalized spacial score (nSPS) is 37.5. The van der Waals surface area contributed by atoms with Gasteiger partial charge in [-0.15, -0.1) is 0 Å². The second kappa shape index (κ2) is 17.0. The summed E-state index contributed by atoms with van der Waals surface area (Å²) in [4.78, 5) is 43.1. The first-order valence-corrected chi connectivity index (χ1v) is 25.4. The van der Waals surface area contributed by atoms with Crippen LogP contribution in [0.1, 0.15) is 96.1 Å². The Morgan fingerprint density at radius 3 is 2.49 bits per heavy atom. The van der Waals surface area contributed by atoms with Crippen molar-refractivity contribution >= 4 is 39.4 Å².